The van der Waals surface area contributed by atoms with Crippen LogP contribution in [0.3, 0.4) is 0 Å². The Kier molecular flexibility index (Phi) is 4.18. The van der Waals surface area contributed by atoms with Gasteiger partial charge in [0, 0.05) is 19.1 Å². The molecule has 1 aromatic rings. The Bertz CT molecular complexity index is 394. The van der Waals surface area contributed by atoms with Gasteiger partial charge in [-0.3, -0.25) is 4.79 Å². The second-order valence-electron chi connectivity index (χ2n) is 5.08. The fraction of sp³-hybridized carbons (Fsp3) is 0.571. The van der Waals surface area contributed by atoms with Crippen molar-refractivity contribution in [3.63, 3.8) is 0 Å². The maximum atomic E-state index is 12.2. The van der Waals surface area contributed by atoms with Crippen LogP contribution in [-0.4, -0.2) is 34.9 Å². The number of pyridine rings is 1. The number of rotatable bonds is 3. The molecule has 1 aliphatic rings. The minimum absolute atomic E-state index is 0.0609. The molecule has 1 fully saturated rings. The van der Waals surface area contributed by atoms with Crippen molar-refractivity contribution >= 4 is 11.6 Å². The molecule has 1 saturated heterocycles. The molecule has 4 nitrogen and oxygen atoms in total. The van der Waals surface area contributed by atoms with Crippen molar-refractivity contribution < 1.29 is 4.79 Å². The molecule has 0 saturated carbocycles. The molecule has 1 N–H and O–H groups in total. The minimum atomic E-state index is 0.0609. The molecule has 0 spiro atoms. The number of amides is 1. The summed E-state index contributed by atoms with van der Waals surface area (Å²) in [4.78, 5) is 18.3. The highest BCUT2D eigenvalue weighted by Gasteiger charge is 2.18. The van der Waals surface area contributed by atoms with Crippen molar-refractivity contribution in [2.75, 3.05) is 18.4 Å². The van der Waals surface area contributed by atoms with Crippen LogP contribution < -0.4 is 5.32 Å². The van der Waals surface area contributed by atoms with E-state index < -0.39 is 0 Å². The monoisotopic (exact) mass is 247 g/mol. The Morgan fingerprint density at radius 3 is 2.56 bits per heavy atom. The van der Waals surface area contributed by atoms with E-state index in [-0.39, 0.29) is 5.91 Å². The fourth-order valence-corrected chi connectivity index (χ4v) is 2.20. The third-order valence-electron chi connectivity index (χ3n) is 3.08. The quantitative estimate of drug-likeness (QED) is 0.892. The number of carbonyl (C=O) groups is 1. The minimum Gasteiger partial charge on any atom is -0.382 e. The van der Waals surface area contributed by atoms with E-state index in [9.17, 15) is 4.79 Å². The molecule has 0 unspecified atom stereocenters. The van der Waals surface area contributed by atoms with E-state index in [1.54, 1.807) is 6.20 Å². The molecule has 18 heavy (non-hydrogen) atoms. The molecule has 1 amide bonds. The second-order valence-corrected chi connectivity index (χ2v) is 5.08. The summed E-state index contributed by atoms with van der Waals surface area (Å²) in [6, 6.07) is 4.10. The highest BCUT2D eigenvalue weighted by molar-refractivity contribution is 5.92. The Hall–Kier alpha value is -1.58. The summed E-state index contributed by atoms with van der Waals surface area (Å²) in [6.45, 7) is 5.89. The Morgan fingerprint density at radius 2 is 2.00 bits per heavy atom. The van der Waals surface area contributed by atoms with E-state index in [2.05, 4.69) is 24.1 Å². The third-order valence-corrected chi connectivity index (χ3v) is 3.08. The van der Waals surface area contributed by atoms with Gasteiger partial charge in [0.05, 0.1) is 11.9 Å². The van der Waals surface area contributed by atoms with Crippen molar-refractivity contribution in [3.05, 3.63) is 24.0 Å². The maximum Gasteiger partial charge on any atom is 0.272 e. The predicted molar refractivity (Wildman–Crippen MR) is 72.8 cm³/mol. The Balaban J connectivity index is 2.02. The molecule has 98 valence electrons. The summed E-state index contributed by atoms with van der Waals surface area (Å²) in [5, 5.41) is 3.26. The molecular weight excluding hydrogens is 226 g/mol. The van der Waals surface area contributed by atoms with E-state index in [0.717, 1.165) is 31.6 Å². The molecule has 1 aromatic heterocycles. The molecule has 0 radical (unpaired) electrons. The lowest BCUT2D eigenvalue weighted by molar-refractivity contribution is 0.0718. The first kappa shape index (κ1) is 12.9. The predicted octanol–water partition coefficient (Wildman–Crippen LogP) is 2.53. The number of anilines is 1. The van der Waals surface area contributed by atoms with Crippen LogP contribution in [0.2, 0.25) is 0 Å². The van der Waals surface area contributed by atoms with Crippen LogP contribution in [-0.2, 0) is 0 Å². The average molecular weight is 247 g/mol. The van der Waals surface area contributed by atoms with Crippen LogP contribution in [0.15, 0.2) is 18.3 Å². The van der Waals surface area contributed by atoms with Crippen molar-refractivity contribution in [2.45, 2.75) is 39.2 Å². The molecule has 2 rings (SSSR count). The van der Waals surface area contributed by atoms with E-state index in [1.807, 2.05) is 17.0 Å². The number of nitrogens with one attached hydrogen (secondary N) is 1. The number of aromatic nitrogens is 1. The van der Waals surface area contributed by atoms with Gasteiger partial charge in [-0.1, -0.05) is 0 Å². The van der Waals surface area contributed by atoms with E-state index >= 15 is 0 Å². The van der Waals surface area contributed by atoms with Crippen LogP contribution in [0.25, 0.3) is 0 Å². The number of hydrogen-bond donors (Lipinski definition) is 1. The van der Waals surface area contributed by atoms with Gasteiger partial charge in [-0.2, -0.15) is 0 Å². The van der Waals surface area contributed by atoms with E-state index in [1.165, 1.54) is 6.42 Å². The van der Waals surface area contributed by atoms with Gasteiger partial charge in [0.25, 0.3) is 5.91 Å². The largest absolute Gasteiger partial charge is 0.382 e. The SMILES string of the molecule is CC(C)Nc1ccc(C(=O)N2CCCCC2)nc1. The van der Waals surface area contributed by atoms with Crippen LogP contribution >= 0.6 is 0 Å². The lowest BCUT2D eigenvalue weighted by Crippen LogP contribution is -2.36. The van der Waals surface area contributed by atoms with Crippen molar-refractivity contribution in [2.24, 2.45) is 0 Å². The van der Waals surface area contributed by atoms with Gasteiger partial charge < -0.3 is 10.2 Å². The van der Waals surface area contributed by atoms with Crippen LogP contribution in [0.4, 0.5) is 5.69 Å². The maximum absolute atomic E-state index is 12.2. The highest BCUT2D eigenvalue weighted by Crippen LogP contribution is 2.13. The molecule has 2 heterocycles. The summed E-state index contributed by atoms with van der Waals surface area (Å²) in [7, 11) is 0. The van der Waals surface area contributed by atoms with Gasteiger partial charge in [-0.25, -0.2) is 4.98 Å². The zero-order valence-electron chi connectivity index (χ0n) is 11.1. The topological polar surface area (TPSA) is 45.2 Å². The summed E-state index contributed by atoms with van der Waals surface area (Å²) >= 11 is 0. The smallest absolute Gasteiger partial charge is 0.272 e. The molecule has 0 aromatic carbocycles. The number of piperidine rings is 1. The lowest BCUT2D eigenvalue weighted by Gasteiger charge is -2.26. The van der Waals surface area contributed by atoms with Gasteiger partial charge in [0.15, 0.2) is 0 Å². The Labute approximate surface area is 108 Å². The summed E-state index contributed by atoms with van der Waals surface area (Å²) in [5.74, 6) is 0.0609. The first-order valence-corrected chi connectivity index (χ1v) is 6.68. The lowest BCUT2D eigenvalue weighted by atomic mass is 10.1. The second kappa shape index (κ2) is 5.85. The summed E-state index contributed by atoms with van der Waals surface area (Å²) < 4.78 is 0. The molecule has 0 aliphatic carbocycles. The van der Waals surface area contributed by atoms with Crippen molar-refractivity contribution in [1.82, 2.24) is 9.88 Å². The van der Waals surface area contributed by atoms with Crippen LogP contribution in [0.5, 0.6) is 0 Å². The average Bonchev–Trinajstić information content (AvgIpc) is 2.39. The first-order valence-electron chi connectivity index (χ1n) is 6.68. The van der Waals surface area contributed by atoms with Crippen LogP contribution in [0.1, 0.15) is 43.6 Å². The number of nitrogens with zero attached hydrogens (tertiary/aromatic N) is 2. The van der Waals surface area contributed by atoms with Gasteiger partial charge >= 0.3 is 0 Å². The van der Waals surface area contributed by atoms with Crippen LogP contribution in [0, 0.1) is 0 Å². The van der Waals surface area contributed by atoms with Gasteiger partial charge in [-0.15, -0.1) is 0 Å². The molecule has 0 bridgehead atoms. The number of hydrogen-bond acceptors (Lipinski definition) is 3. The molecule has 0 atom stereocenters. The first-order chi connectivity index (χ1) is 8.66. The van der Waals surface area contributed by atoms with Crippen molar-refractivity contribution in [3.8, 4) is 0 Å². The zero-order valence-corrected chi connectivity index (χ0v) is 11.1. The van der Waals surface area contributed by atoms with Crippen molar-refractivity contribution in [1.29, 1.82) is 0 Å². The molecular formula is C14H21N3O. The molecule has 4 heteroatoms. The normalized spacial score (nSPS) is 15.8. The highest BCUT2D eigenvalue weighted by atomic mass is 16.2. The number of carbonyl (C=O) groups excluding carboxylic acids is 1. The van der Waals surface area contributed by atoms with Gasteiger partial charge in [0.1, 0.15) is 5.69 Å². The van der Waals surface area contributed by atoms with Gasteiger partial charge in [0.2, 0.25) is 0 Å². The summed E-state index contributed by atoms with van der Waals surface area (Å²) in [6.07, 6.45) is 5.18. The zero-order chi connectivity index (χ0) is 13.0. The molecule has 1 aliphatic heterocycles. The number of likely N-dealkylation sites (tertiary alicyclic amines) is 1. The third kappa shape index (κ3) is 3.22. The summed E-state index contributed by atoms with van der Waals surface area (Å²) in [5.41, 5.74) is 1.51. The fourth-order valence-electron chi connectivity index (χ4n) is 2.20. The van der Waals surface area contributed by atoms with Gasteiger partial charge in [-0.05, 0) is 45.2 Å². The standard InChI is InChI=1S/C14H21N3O/c1-11(2)16-12-6-7-13(15-10-12)14(18)17-8-4-3-5-9-17/h6-7,10-11,16H,3-5,8-9H2,1-2H3. The van der Waals surface area contributed by atoms with E-state index in [0.29, 0.717) is 11.7 Å². The Morgan fingerprint density at radius 1 is 1.28 bits per heavy atom. The van der Waals surface area contributed by atoms with E-state index in [4.69, 9.17) is 0 Å².